The second-order valence-electron chi connectivity index (χ2n) is 9.41. The van der Waals surface area contributed by atoms with Gasteiger partial charge in [-0.1, -0.05) is 103 Å². The highest BCUT2D eigenvalue weighted by molar-refractivity contribution is 5.87. The van der Waals surface area contributed by atoms with E-state index in [2.05, 4.69) is 84.4 Å². The topological polar surface area (TPSA) is 43.6 Å². The van der Waals surface area contributed by atoms with Gasteiger partial charge in [0.05, 0.1) is 33.5 Å². The molecule has 180 valence electrons. The summed E-state index contributed by atoms with van der Waals surface area (Å²) in [6, 6.07) is 43.7. The third kappa shape index (κ3) is 3.84. The molecule has 0 unspecified atom stereocenters. The summed E-state index contributed by atoms with van der Waals surface area (Å²) in [6.45, 7) is 0. The van der Waals surface area contributed by atoms with E-state index >= 15 is 0 Å². The highest BCUT2D eigenvalue weighted by Crippen LogP contribution is 2.33. The van der Waals surface area contributed by atoms with Crippen LogP contribution in [0.25, 0.3) is 67.1 Å². The normalized spacial score (nSPS) is 11.3. The zero-order valence-corrected chi connectivity index (χ0v) is 20.9. The van der Waals surface area contributed by atoms with E-state index in [0.29, 0.717) is 0 Å². The predicted molar refractivity (Wildman–Crippen MR) is 156 cm³/mol. The first kappa shape index (κ1) is 22.1. The number of benzene rings is 5. The van der Waals surface area contributed by atoms with Gasteiger partial charge in [-0.05, 0) is 35.4 Å². The molecule has 38 heavy (non-hydrogen) atoms. The molecule has 0 amide bonds. The van der Waals surface area contributed by atoms with Crippen LogP contribution in [0.15, 0.2) is 127 Å². The van der Waals surface area contributed by atoms with Crippen molar-refractivity contribution in [2.24, 2.45) is 7.05 Å². The Balaban J connectivity index is 1.24. The number of aryl methyl sites for hydroxylation is 1. The van der Waals surface area contributed by atoms with E-state index in [1.807, 2.05) is 54.6 Å². The number of hydrogen-bond acceptors (Lipinski definition) is 3. The molecule has 4 heteroatoms. The average molecular weight is 489 g/mol. The molecule has 0 bridgehead atoms. The number of hydrogen-bond donors (Lipinski definition) is 0. The van der Waals surface area contributed by atoms with Crippen LogP contribution in [-0.4, -0.2) is 19.5 Å². The maximum atomic E-state index is 5.02. The molecule has 0 fully saturated rings. The van der Waals surface area contributed by atoms with Gasteiger partial charge in [-0.3, -0.25) is 0 Å². The highest BCUT2D eigenvalue weighted by atomic mass is 15.1. The van der Waals surface area contributed by atoms with Crippen molar-refractivity contribution in [1.29, 1.82) is 0 Å². The number of para-hydroxylation sites is 4. The molecule has 0 aliphatic carbocycles. The Hall–Kier alpha value is -5.09. The molecule has 4 nitrogen and oxygen atoms in total. The average Bonchev–Trinajstić information content (AvgIpc) is 3.33. The Bertz CT molecular complexity index is 1900. The molecule has 0 saturated heterocycles. The van der Waals surface area contributed by atoms with Gasteiger partial charge in [0.15, 0.2) is 0 Å². The summed E-state index contributed by atoms with van der Waals surface area (Å²) in [5.74, 6) is 0.969. The second kappa shape index (κ2) is 9.09. The molecule has 0 aliphatic heterocycles. The third-order valence-electron chi connectivity index (χ3n) is 7.04. The van der Waals surface area contributed by atoms with Crippen molar-refractivity contribution >= 4 is 22.1 Å². The minimum absolute atomic E-state index is 0.888. The SMILES string of the molecule is Cn1c(-c2ccc(-c3ccc(-c4nc5ccccc5nc4-c4ccccc4)cc3)cc2)nc2ccccc21. The summed E-state index contributed by atoms with van der Waals surface area (Å²) in [4.78, 5) is 14.9. The summed E-state index contributed by atoms with van der Waals surface area (Å²) < 4.78 is 2.15. The summed E-state index contributed by atoms with van der Waals surface area (Å²) in [6.07, 6.45) is 0. The maximum absolute atomic E-state index is 5.02. The van der Waals surface area contributed by atoms with Gasteiger partial charge in [0.25, 0.3) is 0 Å². The van der Waals surface area contributed by atoms with Crippen LogP contribution in [0.4, 0.5) is 0 Å². The van der Waals surface area contributed by atoms with Crippen LogP contribution in [0, 0.1) is 0 Å². The third-order valence-corrected chi connectivity index (χ3v) is 7.04. The van der Waals surface area contributed by atoms with Gasteiger partial charge >= 0.3 is 0 Å². The first-order valence-corrected chi connectivity index (χ1v) is 12.7. The zero-order valence-electron chi connectivity index (χ0n) is 20.9. The van der Waals surface area contributed by atoms with Crippen LogP contribution in [0.1, 0.15) is 0 Å². The summed E-state index contributed by atoms with van der Waals surface area (Å²) in [5, 5.41) is 0. The van der Waals surface area contributed by atoms with E-state index in [9.17, 15) is 0 Å². The maximum Gasteiger partial charge on any atom is 0.140 e. The summed E-state index contributed by atoms with van der Waals surface area (Å²) >= 11 is 0. The van der Waals surface area contributed by atoms with Crippen molar-refractivity contribution in [3.05, 3.63) is 127 Å². The lowest BCUT2D eigenvalue weighted by Crippen LogP contribution is -1.95. The lowest BCUT2D eigenvalue weighted by molar-refractivity contribution is 0.959. The molecule has 2 heterocycles. The molecule has 7 rings (SSSR count). The Kier molecular flexibility index (Phi) is 5.30. The quantitative estimate of drug-likeness (QED) is 0.251. The number of fused-ring (bicyclic) bond motifs is 2. The zero-order chi connectivity index (χ0) is 25.5. The Morgan fingerprint density at radius 2 is 0.842 bits per heavy atom. The predicted octanol–water partition coefficient (Wildman–Crippen LogP) is 8.18. The van der Waals surface area contributed by atoms with Gasteiger partial charge in [0, 0.05) is 23.7 Å². The van der Waals surface area contributed by atoms with Gasteiger partial charge < -0.3 is 4.57 Å². The van der Waals surface area contributed by atoms with Crippen molar-refractivity contribution in [2.75, 3.05) is 0 Å². The minimum Gasteiger partial charge on any atom is -0.327 e. The number of imidazole rings is 1. The molecule has 0 spiro atoms. The van der Waals surface area contributed by atoms with Crippen LogP contribution in [0.3, 0.4) is 0 Å². The van der Waals surface area contributed by atoms with Crippen LogP contribution in [-0.2, 0) is 7.05 Å². The van der Waals surface area contributed by atoms with Crippen molar-refractivity contribution in [1.82, 2.24) is 19.5 Å². The fourth-order valence-electron chi connectivity index (χ4n) is 5.03. The molecule has 0 aliphatic rings. The van der Waals surface area contributed by atoms with Crippen LogP contribution < -0.4 is 0 Å². The number of nitrogens with zero attached hydrogens (tertiary/aromatic N) is 4. The van der Waals surface area contributed by atoms with Crippen LogP contribution >= 0.6 is 0 Å². The molecule has 0 radical (unpaired) electrons. The van der Waals surface area contributed by atoms with E-state index in [-0.39, 0.29) is 0 Å². The van der Waals surface area contributed by atoms with Gasteiger partial charge in [0.1, 0.15) is 5.82 Å². The molecule has 0 atom stereocenters. The van der Waals surface area contributed by atoms with Crippen molar-refractivity contribution in [2.45, 2.75) is 0 Å². The monoisotopic (exact) mass is 488 g/mol. The lowest BCUT2D eigenvalue weighted by Gasteiger charge is -2.11. The van der Waals surface area contributed by atoms with E-state index in [0.717, 1.165) is 67.1 Å². The highest BCUT2D eigenvalue weighted by Gasteiger charge is 2.14. The number of rotatable bonds is 4. The molecule has 5 aromatic carbocycles. The number of aromatic nitrogens is 4. The van der Waals surface area contributed by atoms with Gasteiger partial charge in [-0.25, -0.2) is 15.0 Å². The first-order chi connectivity index (χ1) is 18.7. The van der Waals surface area contributed by atoms with Crippen molar-refractivity contribution < 1.29 is 0 Å². The molecular weight excluding hydrogens is 464 g/mol. The van der Waals surface area contributed by atoms with Crippen LogP contribution in [0.5, 0.6) is 0 Å². The minimum atomic E-state index is 0.888. The van der Waals surface area contributed by atoms with E-state index in [4.69, 9.17) is 15.0 Å². The molecule has 0 N–H and O–H groups in total. The molecular formula is C34H24N4. The lowest BCUT2D eigenvalue weighted by atomic mass is 9.99. The Morgan fingerprint density at radius 3 is 1.42 bits per heavy atom. The van der Waals surface area contributed by atoms with Gasteiger partial charge in [0.2, 0.25) is 0 Å². The smallest absolute Gasteiger partial charge is 0.140 e. The second-order valence-corrected chi connectivity index (χ2v) is 9.41. The van der Waals surface area contributed by atoms with Crippen molar-refractivity contribution in [3.8, 4) is 45.0 Å². The van der Waals surface area contributed by atoms with Crippen LogP contribution in [0.2, 0.25) is 0 Å². The Labute approximate surface area is 220 Å². The summed E-state index contributed by atoms with van der Waals surface area (Å²) in [5.41, 5.74) is 11.2. The molecule has 2 aromatic heterocycles. The fraction of sp³-hybridized carbons (Fsp3) is 0.0294. The van der Waals surface area contributed by atoms with E-state index in [1.54, 1.807) is 0 Å². The summed E-state index contributed by atoms with van der Waals surface area (Å²) in [7, 11) is 2.07. The molecule has 7 aromatic rings. The fourth-order valence-corrected chi connectivity index (χ4v) is 5.03. The van der Waals surface area contributed by atoms with Crippen molar-refractivity contribution in [3.63, 3.8) is 0 Å². The van der Waals surface area contributed by atoms with E-state index in [1.165, 1.54) is 0 Å². The Morgan fingerprint density at radius 1 is 0.395 bits per heavy atom. The van der Waals surface area contributed by atoms with Gasteiger partial charge in [-0.15, -0.1) is 0 Å². The standard InChI is InChI=1S/C34H24N4/c1-38-31-14-8-7-13-30(31)37-34(38)27-21-17-24(18-22-27)23-15-19-26(20-16-23)33-32(25-9-3-2-4-10-25)35-28-11-5-6-12-29(28)36-33/h2-22H,1H3. The first-order valence-electron chi connectivity index (χ1n) is 12.7. The molecule has 0 saturated carbocycles. The van der Waals surface area contributed by atoms with E-state index < -0.39 is 0 Å². The largest absolute Gasteiger partial charge is 0.327 e. The van der Waals surface area contributed by atoms with Gasteiger partial charge in [-0.2, -0.15) is 0 Å².